The molecule has 7 nitrogen and oxygen atoms in total. The highest BCUT2D eigenvalue weighted by atomic mass is 19.3. The highest BCUT2D eigenvalue weighted by Gasteiger charge is 2.31. The van der Waals surface area contributed by atoms with Crippen molar-refractivity contribution >= 4 is 10.9 Å². The molecule has 1 atom stereocenters. The number of rotatable bonds is 5. The summed E-state index contributed by atoms with van der Waals surface area (Å²) < 4.78 is 29.2. The van der Waals surface area contributed by atoms with Crippen LogP contribution >= 0.6 is 0 Å². The van der Waals surface area contributed by atoms with Gasteiger partial charge in [-0.3, -0.25) is 18.9 Å². The van der Waals surface area contributed by atoms with E-state index in [4.69, 9.17) is 0 Å². The lowest BCUT2D eigenvalue weighted by atomic mass is 10.1. The van der Waals surface area contributed by atoms with Gasteiger partial charge in [-0.05, 0) is 31.5 Å². The number of nitrogens with zero attached hydrogens (tertiary/aromatic N) is 6. The van der Waals surface area contributed by atoms with Crippen molar-refractivity contribution in [3.63, 3.8) is 0 Å². The normalized spacial score (nSPS) is 18.0. The zero-order valence-electron chi connectivity index (χ0n) is 14.9. The zero-order chi connectivity index (χ0) is 19.0. The minimum Gasteiger partial charge on any atom is -0.289 e. The molecule has 0 amide bonds. The van der Waals surface area contributed by atoms with Crippen LogP contribution in [0.2, 0.25) is 0 Å². The Labute approximate surface area is 154 Å². The molecule has 1 saturated heterocycles. The van der Waals surface area contributed by atoms with Crippen LogP contribution in [-0.4, -0.2) is 42.4 Å². The largest absolute Gasteiger partial charge is 0.289 e. The number of hydrogen-bond acceptors (Lipinski definition) is 5. The Morgan fingerprint density at radius 3 is 2.85 bits per heavy atom. The van der Waals surface area contributed by atoms with Crippen molar-refractivity contribution in [3.8, 4) is 0 Å². The van der Waals surface area contributed by atoms with Crippen LogP contribution in [0.25, 0.3) is 10.9 Å². The molecule has 0 bridgehead atoms. The fraction of sp³-hybridized carbons (Fsp3) is 0.444. The lowest BCUT2D eigenvalue weighted by molar-refractivity contribution is 0.120. The molecule has 0 radical (unpaired) electrons. The highest BCUT2D eigenvalue weighted by Crippen LogP contribution is 2.32. The first kappa shape index (κ1) is 17.7. The van der Waals surface area contributed by atoms with Gasteiger partial charge >= 0.3 is 0 Å². The number of halogens is 2. The van der Waals surface area contributed by atoms with E-state index in [2.05, 4.69) is 20.2 Å². The lowest BCUT2D eigenvalue weighted by Crippen LogP contribution is -2.33. The smallest absolute Gasteiger partial charge is 0.261 e. The maximum atomic E-state index is 13.2. The van der Waals surface area contributed by atoms with Crippen LogP contribution in [0.1, 0.15) is 30.4 Å². The van der Waals surface area contributed by atoms with E-state index in [1.54, 1.807) is 35.1 Å². The van der Waals surface area contributed by atoms with Gasteiger partial charge in [-0.2, -0.15) is 0 Å². The molecule has 0 aliphatic carbocycles. The van der Waals surface area contributed by atoms with Gasteiger partial charge in [0.05, 0.1) is 35.4 Å². The number of para-hydroxylation sites is 1. The van der Waals surface area contributed by atoms with E-state index in [-0.39, 0.29) is 6.04 Å². The summed E-state index contributed by atoms with van der Waals surface area (Å²) in [6.45, 7) is 0.725. The molecule has 9 heteroatoms. The molecule has 1 aromatic carbocycles. The number of aryl methyl sites for hydroxylation is 1. The predicted molar refractivity (Wildman–Crippen MR) is 95.4 cm³/mol. The van der Waals surface area contributed by atoms with E-state index >= 15 is 0 Å². The van der Waals surface area contributed by atoms with Crippen molar-refractivity contribution in [1.82, 2.24) is 29.4 Å². The predicted octanol–water partition coefficient (Wildman–Crippen LogP) is 2.13. The number of hydrogen-bond donors (Lipinski definition) is 0. The topological polar surface area (TPSA) is 68.8 Å². The van der Waals surface area contributed by atoms with Gasteiger partial charge in [-0.15, -0.1) is 5.10 Å². The maximum Gasteiger partial charge on any atom is 0.261 e. The van der Waals surface area contributed by atoms with Crippen molar-refractivity contribution in [3.05, 3.63) is 52.3 Å². The highest BCUT2D eigenvalue weighted by molar-refractivity contribution is 5.77. The Hall–Kier alpha value is -2.68. The fourth-order valence-electron chi connectivity index (χ4n) is 3.72. The summed E-state index contributed by atoms with van der Waals surface area (Å²) in [5.74, 6) is 0.409. The quantitative estimate of drug-likeness (QED) is 0.684. The monoisotopic (exact) mass is 374 g/mol. The second-order valence-electron chi connectivity index (χ2n) is 6.77. The van der Waals surface area contributed by atoms with Gasteiger partial charge in [0, 0.05) is 13.6 Å². The van der Waals surface area contributed by atoms with E-state index in [0.717, 1.165) is 29.6 Å². The molecule has 1 aliphatic rings. The van der Waals surface area contributed by atoms with Gasteiger partial charge in [0.2, 0.25) is 0 Å². The average Bonchev–Trinajstić information content (AvgIpc) is 3.27. The van der Waals surface area contributed by atoms with Crippen molar-refractivity contribution < 1.29 is 8.78 Å². The third-order valence-corrected chi connectivity index (χ3v) is 5.05. The molecule has 1 unspecified atom stereocenters. The van der Waals surface area contributed by atoms with Crippen LogP contribution < -0.4 is 5.56 Å². The van der Waals surface area contributed by atoms with Crippen LogP contribution in [-0.2, 0) is 20.1 Å². The number of benzene rings is 1. The van der Waals surface area contributed by atoms with Crippen LogP contribution in [0.5, 0.6) is 0 Å². The van der Waals surface area contributed by atoms with Crippen molar-refractivity contribution in [2.75, 3.05) is 6.54 Å². The molecule has 1 fully saturated rings. The van der Waals surface area contributed by atoms with Gasteiger partial charge in [0.15, 0.2) is 0 Å². The number of aromatic nitrogens is 5. The fourth-order valence-corrected chi connectivity index (χ4v) is 3.72. The van der Waals surface area contributed by atoms with Crippen LogP contribution in [0.15, 0.2) is 35.3 Å². The molecule has 4 rings (SSSR count). The molecule has 0 N–H and O–H groups in total. The molecule has 2 aromatic heterocycles. The van der Waals surface area contributed by atoms with Gasteiger partial charge in [0.25, 0.3) is 12.0 Å². The van der Waals surface area contributed by atoms with Crippen LogP contribution in [0, 0.1) is 0 Å². The van der Waals surface area contributed by atoms with Crippen molar-refractivity contribution in [2.45, 2.75) is 38.4 Å². The second-order valence-corrected chi connectivity index (χ2v) is 6.77. The van der Waals surface area contributed by atoms with Crippen LogP contribution in [0.3, 0.4) is 0 Å². The standard InChI is InChI=1S/C18H20F2N6O/c1-24-12(9-21-23-24)10-25-8-4-7-15(25)17-22-14-6-3-2-5-13(14)18(27)26(17)11-16(19)20/h2-3,5-6,9,15-16H,4,7-8,10-11H2,1H3. The summed E-state index contributed by atoms with van der Waals surface area (Å²) in [6.07, 6.45) is 0.739. The van der Waals surface area contributed by atoms with Gasteiger partial charge in [-0.1, -0.05) is 17.3 Å². The van der Waals surface area contributed by atoms with Crippen LogP contribution in [0.4, 0.5) is 8.78 Å². The lowest BCUT2D eigenvalue weighted by Gasteiger charge is -2.26. The molecular weight excluding hydrogens is 354 g/mol. The molecule has 1 aliphatic heterocycles. The third kappa shape index (κ3) is 3.34. The van der Waals surface area contributed by atoms with Gasteiger partial charge < -0.3 is 0 Å². The van der Waals surface area contributed by atoms with Crippen molar-refractivity contribution in [2.24, 2.45) is 7.05 Å². The minimum absolute atomic E-state index is 0.198. The van der Waals surface area contributed by atoms with E-state index in [9.17, 15) is 13.6 Å². The number of fused-ring (bicyclic) bond motifs is 1. The summed E-state index contributed by atoms with van der Waals surface area (Å²) in [5, 5.41) is 8.19. The zero-order valence-corrected chi connectivity index (χ0v) is 14.9. The molecule has 3 aromatic rings. The summed E-state index contributed by atoms with van der Waals surface area (Å²) in [6, 6.07) is 6.69. The Balaban J connectivity index is 1.79. The Morgan fingerprint density at radius 1 is 1.30 bits per heavy atom. The molecule has 0 spiro atoms. The second kappa shape index (κ2) is 7.15. The van der Waals surface area contributed by atoms with E-state index < -0.39 is 18.5 Å². The van der Waals surface area contributed by atoms with Crippen molar-refractivity contribution in [1.29, 1.82) is 0 Å². The van der Waals surface area contributed by atoms with Gasteiger partial charge in [-0.25, -0.2) is 13.8 Å². The summed E-state index contributed by atoms with van der Waals surface area (Å²) >= 11 is 0. The average molecular weight is 374 g/mol. The Bertz CT molecular complexity index is 1010. The summed E-state index contributed by atoms with van der Waals surface area (Å²) in [5.41, 5.74) is 1.05. The van der Waals surface area contributed by atoms with E-state index in [1.165, 1.54) is 0 Å². The molecule has 142 valence electrons. The first-order chi connectivity index (χ1) is 13.0. The SMILES string of the molecule is Cn1nncc1CN1CCCC1c1nc2ccccc2c(=O)n1CC(F)F. The molecule has 0 saturated carbocycles. The molecule has 27 heavy (non-hydrogen) atoms. The summed E-state index contributed by atoms with van der Waals surface area (Å²) in [4.78, 5) is 19.6. The first-order valence-electron chi connectivity index (χ1n) is 8.90. The summed E-state index contributed by atoms with van der Waals surface area (Å²) in [7, 11) is 1.81. The first-order valence-corrected chi connectivity index (χ1v) is 8.90. The Morgan fingerprint density at radius 2 is 2.11 bits per heavy atom. The van der Waals surface area contributed by atoms with E-state index in [0.29, 0.717) is 23.3 Å². The van der Waals surface area contributed by atoms with E-state index in [1.807, 2.05) is 7.05 Å². The Kier molecular flexibility index (Phi) is 4.69. The number of alkyl halides is 2. The molecular formula is C18H20F2N6O. The third-order valence-electron chi connectivity index (χ3n) is 5.05. The maximum absolute atomic E-state index is 13.2. The number of likely N-dealkylation sites (tertiary alicyclic amines) is 1. The molecule has 3 heterocycles. The minimum atomic E-state index is -2.62. The van der Waals surface area contributed by atoms with Gasteiger partial charge in [0.1, 0.15) is 5.82 Å².